The van der Waals surface area contributed by atoms with Crippen molar-refractivity contribution >= 4 is 11.8 Å². The third-order valence-electron chi connectivity index (χ3n) is 6.15. The number of nitrogens with two attached hydrogens (primary N) is 1. The number of pyridine rings is 1. The largest absolute Gasteiger partial charge is 0.478 e. The van der Waals surface area contributed by atoms with Gasteiger partial charge in [0.1, 0.15) is 5.82 Å². The van der Waals surface area contributed by atoms with E-state index in [-0.39, 0.29) is 17.4 Å². The highest BCUT2D eigenvalue weighted by Gasteiger charge is 2.52. The van der Waals surface area contributed by atoms with Gasteiger partial charge in [0.25, 0.3) is 0 Å². The lowest BCUT2D eigenvalue weighted by molar-refractivity contribution is -0.138. The third-order valence-corrected chi connectivity index (χ3v) is 6.15. The van der Waals surface area contributed by atoms with Gasteiger partial charge in [0.2, 0.25) is 0 Å². The fourth-order valence-corrected chi connectivity index (χ4v) is 4.88. The summed E-state index contributed by atoms with van der Waals surface area (Å²) in [4.78, 5) is 17.7. The van der Waals surface area contributed by atoms with Gasteiger partial charge in [0.15, 0.2) is 0 Å². The number of carbonyl (C=O) groups is 1. The lowest BCUT2D eigenvalue weighted by Gasteiger charge is -2.26. The van der Waals surface area contributed by atoms with Crippen LogP contribution in [0.5, 0.6) is 0 Å². The van der Waals surface area contributed by atoms with Crippen molar-refractivity contribution in [1.29, 1.82) is 0 Å². The summed E-state index contributed by atoms with van der Waals surface area (Å²) in [6.07, 6.45) is -3.36. The zero-order valence-electron chi connectivity index (χ0n) is 15.9. The molecule has 4 rings (SSSR count). The van der Waals surface area contributed by atoms with Crippen LogP contribution in [0.2, 0.25) is 0 Å². The first-order chi connectivity index (χ1) is 13.6. The van der Waals surface area contributed by atoms with Gasteiger partial charge in [0, 0.05) is 24.3 Å². The fraction of sp³-hybridized carbons (Fsp3) is 0.429. The van der Waals surface area contributed by atoms with Gasteiger partial charge in [-0.2, -0.15) is 13.2 Å². The number of aromatic nitrogens is 1. The number of aromatic carboxylic acids is 1. The molecule has 0 radical (unpaired) electrons. The van der Waals surface area contributed by atoms with Crippen LogP contribution in [0, 0.1) is 12.8 Å². The molecule has 29 heavy (non-hydrogen) atoms. The molecule has 0 bridgehead atoms. The molecule has 2 heterocycles. The normalized spacial score (nSPS) is 26.6. The van der Waals surface area contributed by atoms with E-state index in [9.17, 15) is 23.1 Å². The molecule has 1 saturated heterocycles. The number of hydrogen-bond donors (Lipinski definition) is 2. The van der Waals surface area contributed by atoms with Crippen molar-refractivity contribution in [2.24, 2.45) is 11.7 Å². The van der Waals surface area contributed by atoms with Crippen LogP contribution < -0.4 is 10.6 Å². The SMILES string of the molecule is Cc1cc(C(=O)O)cc(N2C[C@H]3C[C@@H](c4ccccc4C(F)(F)F)C[C@@]3(N)C2)n1. The van der Waals surface area contributed by atoms with Crippen LogP contribution in [0.15, 0.2) is 36.4 Å². The lowest BCUT2D eigenvalue weighted by Crippen LogP contribution is -2.44. The van der Waals surface area contributed by atoms with Crippen molar-refractivity contribution in [1.82, 2.24) is 4.98 Å². The average Bonchev–Trinajstić information content (AvgIpc) is 3.12. The van der Waals surface area contributed by atoms with E-state index in [2.05, 4.69) is 4.98 Å². The molecule has 0 amide bonds. The number of benzene rings is 1. The molecule has 8 heteroatoms. The van der Waals surface area contributed by atoms with Gasteiger partial charge in [-0.1, -0.05) is 18.2 Å². The lowest BCUT2D eigenvalue weighted by atomic mass is 9.89. The molecule has 1 aliphatic heterocycles. The predicted octanol–water partition coefficient (Wildman–Crippen LogP) is 3.82. The number of nitrogens with zero attached hydrogens (tertiary/aromatic N) is 2. The van der Waals surface area contributed by atoms with Crippen molar-refractivity contribution in [3.63, 3.8) is 0 Å². The Morgan fingerprint density at radius 3 is 2.69 bits per heavy atom. The molecule has 2 aromatic rings. The van der Waals surface area contributed by atoms with E-state index in [4.69, 9.17) is 5.73 Å². The van der Waals surface area contributed by atoms with Crippen LogP contribution in [0.4, 0.5) is 19.0 Å². The molecule has 0 spiro atoms. The van der Waals surface area contributed by atoms with E-state index in [0.717, 1.165) is 6.07 Å². The van der Waals surface area contributed by atoms with Crippen LogP contribution >= 0.6 is 0 Å². The number of fused-ring (bicyclic) bond motifs is 1. The van der Waals surface area contributed by atoms with Crippen LogP contribution in [0.25, 0.3) is 0 Å². The average molecular weight is 405 g/mol. The molecule has 154 valence electrons. The Morgan fingerprint density at radius 2 is 2.03 bits per heavy atom. The number of aryl methyl sites for hydroxylation is 1. The summed E-state index contributed by atoms with van der Waals surface area (Å²) in [7, 11) is 0. The van der Waals surface area contributed by atoms with Gasteiger partial charge < -0.3 is 15.7 Å². The van der Waals surface area contributed by atoms with E-state index in [1.54, 1.807) is 19.1 Å². The number of anilines is 1. The van der Waals surface area contributed by atoms with Crippen LogP contribution in [-0.4, -0.2) is 34.7 Å². The highest BCUT2D eigenvalue weighted by Crippen LogP contribution is 2.50. The van der Waals surface area contributed by atoms with Gasteiger partial charge in [-0.3, -0.25) is 0 Å². The summed E-state index contributed by atoms with van der Waals surface area (Å²) in [5.74, 6) is -0.703. The van der Waals surface area contributed by atoms with Crippen molar-refractivity contribution in [3.05, 3.63) is 58.8 Å². The summed E-state index contributed by atoms with van der Waals surface area (Å²) in [5.41, 5.74) is 6.50. The van der Waals surface area contributed by atoms with E-state index < -0.39 is 23.2 Å². The molecular weight excluding hydrogens is 383 g/mol. The first kappa shape index (κ1) is 19.7. The molecule has 2 fully saturated rings. The number of halogens is 3. The maximum atomic E-state index is 13.4. The highest BCUT2D eigenvalue weighted by molar-refractivity contribution is 5.88. The second kappa shape index (κ2) is 6.73. The minimum Gasteiger partial charge on any atom is -0.478 e. The van der Waals surface area contributed by atoms with Gasteiger partial charge in [-0.05, 0) is 55.4 Å². The number of carboxylic acids is 1. The van der Waals surface area contributed by atoms with Crippen LogP contribution in [0.1, 0.15) is 45.9 Å². The number of hydrogen-bond acceptors (Lipinski definition) is 4. The number of alkyl halides is 3. The van der Waals surface area contributed by atoms with Crippen molar-refractivity contribution < 1.29 is 23.1 Å². The number of rotatable bonds is 3. The zero-order chi connectivity index (χ0) is 21.0. The molecule has 1 saturated carbocycles. The Labute approximate surface area is 166 Å². The second-order valence-corrected chi connectivity index (χ2v) is 8.19. The number of carboxylic acid groups (broad SMARTS) is 1. The minimum absolute atomic E-state index is 0.0179. The van der Waals surface area contributed by atoms with E-state index >= 15 is 0 Å². The molecule has 1 aliphatic carbocycles. The smallest absolute Gasteiger partial charge is 0.416 e. The third kappa shape index (κ3) is 3.57. The van der Waals surface area contributed by atoms with E-state index in [1.165, 1.54) is 18.2 Å². The molecule has 1 aromatic heterocycles. The molecule has 2 aliphatic rings. The van der Waals surface area contributed by atoms with E-state index in [1.807, 2.05) is 4.90 Å². The second-order valence-electron chi connectivity index (χ2n) is 8.19. The first-order valence-corrected chi connectivity index (χ1v) is 9.49. The molecular formula is C21H22F3N3O2. The van der Waals surface area contributed by atoms with Crippen LogP contribution in [-0.2, 0) is 6.18 Å². The highest BCUT2D eigenvalue weighted by atomic mass is 19.4. The first-order valence-electron chi connectivity index (χ1n) is 9.49. The van der Waals surface area contributed by atoms with Gasteiger partial charge >= 0.3 is 12.1 Å². The molecule has 3 N–H and O–H groups in total. The maximum absolute atomic E-state index is 13.4. The quantitative estimate of drug-likeness (QED) is 0.812. The maximum Gasteiger partial charge on any atom is 0.416 e. The Kier molecular flexibility index (Phi) is 4.57. The topological polar surface area (TPSA) is 79.5 Å². The zero-order valence-corrected chi connectivity index (χ0v) is 15.9. The van der Waals surface area contributed by atoms with Crippen molar-refractivity contribution in [2.45, 2.75) is 37.4 Å². The molecule has 0 unspecified atom stereocenters. The molecule has 5 nitrogen and oxygen atoms in total. The van der Waals surface area contributed by atoms with Gasteiger partial charge in [-0.15, -0.1) is 0 Å². The summed E-state index contributed by atoms with van der Waals surface area (Å²) < 4.78 is 40.2. The molecule has 1 aromatic carbocycles. The Balaban J connectivity index is 1.57. The monoisotopic (exact) mass is 405 g/mol. The summed E-state index contributed by atoms with van der Waals surface area (Å²) in [6.45, 7) is 2.73. The Hall–Kier alpha value is -2.61. The van der Waals surface area contributed by atoms with Gasteiger partial charge in [0.05, 0.1) is 11.1 Å². The Bertz CT molecular complexity index is 962. The van der Waals surface area contributed by atoms with E-state index in [0.29, 0.717) is 43.0 Å². The minimum atomic E-state index is -4.39. The Morgan fingerprint density at radius 1 is 1.31 bits per heavy atom. The standard InChI is InChI=1S/C21H22F3N3O2/c1-12-6-13(19(28)29)8-18(26-12)27-10-15-7-14(9-20(15,25)11-27)16-4-2-3-5-17(16)21(22,23)24/h2-6,8,14-15H,7,9-11,25H2,1H3,(H,28,29)/t14-,15-,20-/m1/s1. The van der Waals surface area contributed by atoms with Gasteiger partial charge in [-0.25, -0.2) is 9.78 Å². The predicted molar refractivity (Wildman–Crippen MR) is 102 cm³/mol. The van der Waals surface area contributed by atoms with Crippen molar-refractivity contribution in [2.75, 3.05) is 18.0 Å². The fourth-order valence-electron chi connectivity index (χ4n) is 4.88. The van der Waals surface area contributed by atoms with Crippen molar-refractivity contribution in [3.8, 4) is 0 Å². The summed E-state index contributed by atoms with van der Waals surface area (Å²) in [5, 5.41) is 9.28. The van der Waals surface area contributed by atoms with Crippen LogP contribution in [0.3, 0.4) is 0 Å². The summed E-state index contributed by atoms with van der Waals surface area (Å²) in [6, 6.07) is 8.75. The summed E-state index contributed by atoms with van der Waals surface area (Å²) >= 11 is 0. The molecule has 3 atom stereocenters.